The second-order valence-corrected chi connectivity index (χ2v) is 5.73. The fraction of sp³-hybridized carbons (Fsp3) is 0.600. The van der Waals surface area contributed by atoms with Crippen LogP contribution < -0.4 is 5.32 Å². The quantitative estimate of drug-likeness (QED) is 0.835. The number of hydrogen-bond donors (Lipinski definition) is 1. The molecule has 1 saturated carbocycles. The number of nitrogens with one attached hydrogen (secondary N) is 1. The van der Waals surface area contributed by atoms with Crippen molar-refractivity contribution in [3.8, 4) is 0 Å². The molecular formula is C15H22N2. The van der Waals surface area contributed by atoms with Crippen molar-refractivity contribution in [1.29, 1.82) is 0 Å². The van der Waals surface area contributed by atoms with Gasteiger partial charge in [0.1, 0.15) is 0 Å². The maximum Gasteiger partial charge on any atom is 0.0240 e. The van der Waals surface area contributed by atoms with Crippen LogP contribution in [0.25, 0.3) is 0 Å². The Labute approximate surface area is 104 Å². The highest BCUT2D eigenvalue weighted by atomic mass is 15.1. The molecule has 17 heavy (non-hydrogen) atoms. The van der Waals surface area contributed by atoms with Crippen LogP contribution in [0.4, 0.5) is 0 Å². The summed E-state index contributed by atoms with van der Waals surface area (Å²) in [6.45, 7) is 7.04. The highest BCUT2D eigenvalue weighted by Crippen LogP contribution is 2.23. The Hall–Kier alpha value is -0.860. The van der Waals surface area contributed by atoms with Crippen LogP contribution in [0.3, 0.4) is 0 Å². The van der Waals surface area contributed by atoms with Gasteiger partial charge in [0.05, 0.1) is 0 Å². The molecule has 1 atom stereocenters. The fourth-order valence-electron chi connectivity index (χ4n) is 2.69. The van der Waals surface area contributed by atoms with Crippen molar-refractivity contribution in [3.05, 3.63) is 35.4 Å². The van der Waals surface area contributed by atoms with Gasteiger partial charge in [0.25, 0.3) is 0 Å². The molecule has 3 rings (SSSR count). The first-order valence-corrected chi connectivity index (χ1v) is 6.84. The summed E-state index contributed by atoms with van der Waals surface area (Å²) >= 11 is 0. The second-order valence-electron chi connectivity index (χ2n) is 5.73. The minimum Gasteiger partial charge on any atom is -0.314 e. The van der Waals surface area contributed by atoms with Gasteiger partial charge in [-0.2, -0.15) is 0 Å². The summed E-state index contributed by atoms with van der Waals surface area (Å²) in [6, 6.07) is 9.68. The monoisotopic (exact) mass is 230 g/mol. The summed E-state index contributed by atoms with van der Waals surface area (Å²) in [4.78, 5) is 2.57. The van der Waals surface area contributed by atoms with E-state index in [1.165, 1.54) is 37.1 Å². The van der Waals surface area contributed by atoms with E-state index in [0.717, 1.165) is 25.0 Å². The predicted molar refractivity (Wildman–Crippen MR) is 70.7 cm³/mol. The Kier molecular flexibility index (Phi) is 3.17. The fourth-order valence-corrected chi connectivity index (χ4v) is 2.69. The van der Waals surface area contributed by atoms with E-state index < -0.39 is 0 Å². The molecule has 1 aromatic carbocycles. The maximum atomic E-state index is 3.62. The van der Waals surface area contributed by atoms with Crippen molar-refractivity contribution >= 4 is 0 Å². The SMILES string of the molecule is CC(CNC1CC1)CN1Cc2ccccc2C1. The van der Waals surface area contributed by atoms with Crippen molar-refractivity contribution in [3.63, 3.8) is 0 Å². The number of benzene rings is 1. The van der Waals surface area contributed by atoms with Crippen molar-refractivity contribution in [1.82, 2.24) is 10.2 Å². The largest absolute Gasteiger partial charge is 0.314 e. The molecule has 0 spiro atoms. The molecular weight excluding hydrogens is 208 g/mol. The van der Waals surface area contributed by atoms with Gasteiger partial charge < -0.3 is 5.32 Å². The van der Waals surface area contributed by atoms with Gasteiger partial charge in [-0.3, -0.25) is 4.90 Å². The molecule has 2 nitrogen and oxygen atoms in total. The molecule has 1 fully saturated rings. The van der Waals surface area contributed by atoms with Gasteiger partial charge in [-0.25, -0.2) is 0 Å². The lowest BCUT2D eigenvalue weighted by Gasteiger charge is -2.20. The standard InChI is InChI=1S/C15H22N2/c1-12(8-16-15-6-7-15)9-17-10-13-4-2-3-5-14(13)11-17/h2-5,12,15-16H,6-11H2,1H3. The van der Waals surface area contributed by atoms with E-state index in [1.807, 2.05) is 0 Å². The summed E-state index contributed by atoms with van der Waals surface area (Å²) in [6.07, 6.45) is 2.78. The van der Waals surface area contributed by atoms with E-state index in [9.17, 15) is 0 Å². The number of fused-ring (bicyclic) bond motifs is 1. The summed E-state index contributed by atoms with van der Waals surface area (Å²) < 4.78 is 0. The molecule has 92 valence electrons. The average Bonchev–Trinajstić information content (AvgIpc) is 3.06. The van der Waals surface area contributed by atoms with Gasteiger partial charge in [-0.15, -0.1) is 0 Å². The first-order valence-electron chi connectivity index (χ1n) is 6.84. The molecule has 0 radical (unpaired) electrons. The Balaban J connectivity index is 1.47. The zero-order chi connectivity index (χ0) is 11.7. The van der Waals surface area contributed by atoms with Crippen LogP contribution in [0, 0.1) is 5.92 Å². The van der Waals surface area contributed by atoms with Crippen molar-refractivity contribution in [2.24, 2.45) is 5.92 Å². The molecule has 1 aromatic rings. The lowest BCUT2D eigenvalue weighted by atomic mass is 10.1. The molecule has 1 unspecified atom stereocenters. The topological polar surface area (TPSA) is 15.3 Å². The maximum absolute atomic E-state index is 3.62. The van der Waals surface area contributed by atoms with Crippen molar-refractivity contribution < 1.29 is 0 Å². The van der Waals surface area contributed by atoms with Crippen LogP contribution in [0.2, 0.25) is 0 Å². The molecule has 0 amide bonds. The molecule has 1 aliphatic heterocycles. The van der Waals surface area contributed by atoms with Gasteiger partial charge in [0.15, 0.2) is 0 Å². The molecule has 1 N–H and O–H groups in total. The normalized spacial score (nSPS) is 21.5. The van der Waals surface area contributed by atoms with Crippen LogP contribution in [-0.4, -0.2) is 24.0 Å². The van der Waals surface area contributed by atoms with E-state index in [0.29, 0.717) is 0 Å². The van der Waals surface area contributed by atoms with Gasteiger partial charge >= 0.3 is 0 Å². The van der Waals surface area contributed by atoms with Gasteiger partial charge in [0, 0.05) is 25.7 Å². The Morgan fingerprint density at radius 3 is 2.47 bits per heavy atom. The van der Waals surface area contributed by atoms with E-state index in [4.69, 9.17) is 0 Å². The summed E-state index contributed by atoms with van der Waals surface area (Å²) in [7, 11) is 0. The Morgan fingerprint density at radius 1 is 1.24 bits per heavy atom. The van der Waals surface area contributed by atoms with Crippen LogP contribution in [-0.2, 0) is 13.1 Å². The van der Waals surface area contributed by atoms with Crippen LogP contribution in [0.5, 0.6) is 0 Å². The third-order valence-electron chi connectivity index (χ3n) is 3.81. The van der Waals surface area contributed by atoms with Crippen LogP contribution >= 0.6 is 0 Å². The molecule has 1 aliphatic carbocycles. The van der Waals surface area contributed by atoms with Crippen LogP contribution in [0.1, 0.15) is 30.9 Å². The molecule has 0 saturated heterocycles. The molecule has 0 aromatic heterocycles. The Morgan fingerprint density at radius 2 is 1.88 bits per heavy atom. The second kappa shape index (κ2) is 4.79. The third kappa shape index (κ3) is 2.88. The zero-order valence-corrected chi connectivity index (χ0v) is 10.7. The summed E-state index contributed by atoms with van der Waals surface area (Å²) in [5, 5.41) is 3.62. The zero-order valence-electron chi connectivity index (χ0n) is 10.7. The molecule has 2 heteroatoms. The predicted octanol–water partition coefficient (Wildman–Crippen LogP) is 2.39. The van der Waals surface area contributed by atoms with Gasteiger partial charge in [-0.05, 0) is 36.4 Å². The van der Waals surface area contributed by atoms with Gasteiger partial charge in [0.2, 0.25) is 0 Å². The minimum absolute atomic E-state index is 0.755. The first-order chi connectivity index (χ1) is 8.31. The average molecular weight is 230 g/mol. The minimum atomic E-state index is 0.755. The molecule has 1 heterocycles. The van der Waals surface area contributed by atoms with E-state index >= 15 is 0 Å². The van der Waals surface area contributed by atoms with E-state index in [1.54, 1.807) is 0 Å². The first kappa shape index (κ1) is 11.2. The van der Waals surface area contributed by atoms with E-state index in [2.05, 4.69) is 41.4 Å². The lowest BCUT2D eigenvalue weighted by molar-refractivity contribution is 0.240. The van der Waals surface area contributed by atoms with E-state index in [-0.39, 0.29) is 0 Å². The van der Waals surface area contributed by atoms with Crippen molar-refractivity contribution in [2.45, 2.75) is 38.9 Å². The highest BCUT2D eigenvalue weighted by molar-refractivity contribution is 5.30. The Bertz CT molecular complexity index is 359. The molecule has 0 bridgehead atoms. The smallest absolute Gasteiger partial charge is 0.0240 e. The van der Waals surface area contributed by atoms with Crippen molar-refractivity contribution in [2.75, 3.05) is 13.1 Å². The summed E-state index contributed by atoms with van der Waals surface area (Å²) in [5.41, 5.74) is 3.05. The van der Waals surface area contributed by atoms with Crippen LogP contribution in [0.15, 0.2) is 24.3 Å². The third-order valence-corrected chi connectivity index (χ3v) is 3.81. The van der Waals surface area contributed by atoms with Gasteiger partial charge in [-0.1, -0.05) is 31.2 Å². The lowest BCUT2D eigenvalue weighted by Crippen LogP contribution is -2.31. The number of nitrogens with zero attached hydrogens (tertiary/aromatic N) is 1. The number of rotatable bonds is 5. The molecule has 2 aliphatic rings. The highest BCUT2D eigenvalue weighted by Gasteiger charge is 2.23. The number of hydrogen-bond acceptors (Lipinski definition) is 2. The summed E-state index contributed by atoms with van der Waals surface area (Å²) in [5.74, 6) is 0.755.